The minimum absolute atomic E-state index is 0.216. The van der Waals surface area contributed by atoms with Crippen LogP contribution >= 0.6 is 0 Å². The van der Waals surface area contributed by atoms with Crippen LogP contribution in [0.3, 0.4) is 0 Å². The number of piperidine rings is 1. The van der Waals surface area contributed by atoms with Crippen molar-refractivity contribution >= 4 is 17.6 Å². The predicted octanol–water partition coefficient (Wildman–Crippen LogP) is 1.01. The van der Waals surface area contributed by atoms with E-state index in [9.17, 15) is 14.9 Å². The average Bonchev–Trinajstić information content (AvgIpc) is 2.81. The van der Waals surface area contributed by atoms with Crippen LogP contribution in [0.15, 0.2) is 36.7 Å². The number of para-hydroxylation sites is 1. The quantitative estimate of drug-likeness (QED) is 0.684. The number of ether oxygens (including phenoxy) is 1. The summed E-state index contributed by atoms with van der Waals surface area (Å²) in [4.78, 5) is 34.5. The summed E-state index contributed by atoms with van der Waals surface area (Å²) in [5.74, 6) is 0.199. The lowest BCUT2D eigenvalue weighted by molar-refractivity contribution is -0.139. The van der Waals surface area contributed by atoms with Crippen molar-refractivity contribution < 1.29 is 14.3 Å². The van der Waals surface area contributed by atoms with Gasteiger partial charge in [-0.1, -0.05) is 18.2 Å². The second-order valence-electron chi connectivity index (χ2n) is 6.98. The van der Waals surface area contributed by atoms with Gasteiger partial charge >= 0.3 is 11.8 Å². The van der Waals surface area contributed by atoms with Gasteiger partial charge in [0, 0.05) is 44.1 Å². The van der Waals surface area contributed by atoms with Crippen LogP contribution in [0.4, 0.5) is 5.82 Å². The molecule has 30 heavy (non-hydrogen) atoms. The first-order chi connectivity index (χ1) is 14.6. The molecule has 1 aliphatic rings. The maximum absolute atomic E-state index is 12.1. The fourth-order valence-corrected chi connectivity index (χ4v) is 3.41. The summed E-state index contributed by atoms with van der Waals surface area (Å²) < 4.78 is 5.24. The number of carbonyl (C=O) groups excluding carboxylic acids is 2. The molecule has 3 rings (SSSR count). The van der Waals surface area contributed by atoms with E-state index in [1.54, 1.807) is 19.4 Å². The highest BCUT2D eigenvalue weighted by Gasteiger charge is 2.23. The minimum Gasteiger partial charge on any atom is -0.496 e. The van der Waals surface area contributed by atoms with Crippen molar-refractivity contribution in [2.24, 2.45) is 5.92 Å². The number of carbonyl (C=O) groups is 2. The van der Waals surface area contributed by atoms with E-state index in [1.807, 2.05) is 23.1 Å². The Balaban J connectivity index is 1.42. The number of hydrogen-bond acceptors (Lipinski definition) is 7. The molecule has 0 unspecified atom stereocenters. The van der Waals surface area contributed by atoms with E-state index in [1.165, 1.54) is 6.20 Å². The number of rotatable bonds is 6. The Morgan fingerprint density at radius 1 is 1.17 bits per heavy atom. The van der Waals surface area contributed by atoms with E-state index in [2.05, 4.69) is 26.7 Å². The highest BCUT2D eigenvalue weighted by molar-refractivity contribution is 6.35. The van der Waals surface area contributed by atoms with Crippen LogP contribution in [0.5, 0.6) is 5.75 Å². The van der Waals surface area contributed by atoms with E-state index in [0.29, 0.717) is 36.9 Å². The Bertz CT molecular complexity index is 934. The molecule has 2 amide bonds. The lowest BCUT2D eigenvalue weighted by Gasteiger charge is -2.32. The zero-order chi connectivity index (χ0) is 21.3. The first kappa shape index (κ1) is 21.0. The molecule has 1 fully saturated rings. The van der Waals surface area contributed by atoms with E-state index < -0.39 is 11.8 Å². The van der Waals surface area contributed by atoms with Crippen LogP contribution in [0, 0.1) is 17.2 Å². The highest BCUT2D eigenvalue weighted by Crippen LogP contribution is 2.23. The molecular formula is C21H24N6O3. The van der Waals surface area contributed by atoms with Crippen molar-refractivity contribution in [3.05, 3.63) is 47.9 Å². The van der Waals surface area contributed by atoms with E-state index >= 15 is 0 Å². The Morgan fingerprint density at radius 3 is 2.60 bits per heavy atom. The molecule has 2 heterocycles. The number of anilines is 1. The molecule has 0 aliphatic carbocycles. The van der Waals surface area contributed by atoms with Gasteiger partial charge in [0.2, 0.25) is 0 Å². The molecule has 9 nitrogen and oxygen atoms in total. The summed E-state index contributed by atoms with van der Waals surface area (Å²) in [7, 11) is 1.56. The Hall–Kier alpha value is -3.67. The lowest BCUT2D eigenvalue weighted by Crippen LogP contribution is -2.44. The number of amides is 2. The van der Waals surface area contributed by atoms with Crippen molar-refractivity contribution in [2.75, 3.05) is 31.6 Å². The fourth-order valence-electron chi connectivity index (χ4n) is 3.41. The van der Waals surface area contributed by atoms with Crippen molar-refractivity contribution in [3.8, 4) is 11.8 Å². The van der Waals surface area contributed by atoms with Crippen molar-refractivity contribution in [1.82, 2.24) is 20.6 Å². The van der Waals surface area contributed by atoms with Gasteiger partial charge in [0.15, 0.2) is 11.5 Å². The summed E-state index contributed by atoms with van der Waals surface area (Å²) in [6.07, 6.45) is 4.73. The summed E-state index contributed by atoms with van der Waals surface area (Å²) in [5.41, 5.74) is 1.12. The van der Waals surface area contributed by atoms with Gasteiger partial charge in [-0.05, 0) is 24.8 Å². The molecule has 0 saturated carbocycles. The fraction of sp³-hybridized carbons (Fsp3) is 0.381. The second kappa shape index (κ2) is 10.2. The largest absolute Gasteiger partial charge is 0.496 e. The summed E-state index contributed by atoms with van der Waals surface area (Å²) >= 11 is 0. The highest BCUT2D eigenvalue weighted by atomic mass is 16.5. The van der Waals surface area contributed by atoms with Crippen molar-refractivity contribution in [1.29, 1.82) is 5.26 Å². The number of hydrogen-bond donors (Lipinski definition) is 2. The molecule has 1 saturated heterocycles. The number of nitriles is 1. The van der Waals surface area contributed by atoms with E-state index in [4.69, 9.17) is 4.74 Å². The van der Waals surface area contributed by atoms with Crippen LogP contribution in [0.25, 0.3) is 0 Å². The van der Waals surface area contributed by atoms with Gasteiger partial charge in [-0.15, -0.1) is 0 Å². The average molecular weight is 408 g/mol. The Kier molecular flexibility index (Phi) is 7.16. The standard InChI is InChI=1S/C21H24N6O3/c1-30-18-5-3-2-4-16(18)14-26-21(29)20(28)25-13-15-6-10-27(11-7-15)19-17(12-22)23-8-9-24-19/h2-5,8-9,15H,6-7,10-11,13-14H2,1H3,(H,25,28)(H,26,29). The van der Waals surface area contributed by atoms with Crippen LogP contribution in [-0.2, 0) is 16.1 Å². The molecule has 9 heteroatoms. The van der Waals surface area contributed by atoms with Gasteiger partial charge in [-0.2, -0.15) is 5.26 Å². The van der Waals surface area contributed by atoms with Gasteiger partial charge in [0.05, 0.1) is 7.11 Å². The van der Waals surface area contributed by atoms with Crippen LogP contribution < -0.4 is 20.3 Å². The zero-order valence-corrected chi connectivity index (χ0v) is 16.8. The second-order valence-corrected chi connectivity index (χ2v) is 6.98. The molecule has 2 N–H and O–H groups in total. The summed E-state index contributed by atoms with van der Waals surface area (Å²) in [5, 5.41) is 14.5. The van der Waals surface area contributed by atoms with Crippen LogP contribution in [0.1, 0.15) is 24.1 Å². The molecule has 156 valence electrons. The molecule has 0 atom stereocenters. The van der Waals surface area contributed by atoms with Gasteiger partial charge in [-0.3, -0.25) is 9.59 Å². The van der Waals surface area contributed by atoms with E-state index in [0.717, 1.165) is 18.4 Å². The first-order valence-electron chi connectivity index (χ1n) is 9.76. The third kappa shape index (κ3) is 5.23. The lowest BCUT2D eigenvalue weighted by atomic mass is 9.96. The first-order valence-corrected chi connectivity index (χ1v) is 9.76. The van der Waals surface area contributed by atoms with Gasteiger partial charge in [0.1, 0.15) is 11.8 Å². The SMILES string of the molecule is COc1ccccc1CNC(=O)C(=O)NCC1CCN(c2nccnc2C#N)CC1. The Labute approximate surface area is 175 Å². The number of nitrogens with zero attached hydrogens (tertiary/aromatic N) is 4. The normalized spacial score (nSPS) is 13.9. The third-order valence-electron chi connectivity index (χ3n) is 5.09. The van der Waals surface area contributed by atoms with Crippen molar-refractivity contribution in [2.45, 2.75) is 19.4 Å². The smallest absolute Gasteiger partial charge is 0.309 e. The van der Waals surface area contributed by atoms with Crippen LogP contribution in [-0.4, -0.2) is 48.5 Å². The molecule has 0 spiro atoms. The maximum Gasteiger partial charge on any atom is 0.309 e. The molecule has 0 radical (unpaired) electrons. The topological polar surface area (TPSA) is 120 Å². The van der Waals surface area contributed by atoms with Gasteiger partial charge < -0.3 is 20.3 Å². The zero-order valence-electron chi connectivity index (χ0n) is 16.8. The molecule has 2 aromatic rings. The van der Waals surface area contributed by atoms with E-state index in [-0.39, 0.29) is 12.5 Å². The predicted molar refractivity (Wildman–Crippen MR) is 110 cm³/mol. The number of nitrogens with one attached hydrogen (secondary N) is 2. The Morgan fingerprint density at radius 2 is 1.87 bits per heavy atom. The molecular weight excluding hydrogens is 384 g/mol. The van der Waals surface area contributed by atoms with Gasteiger partial charge in [-0.25, -0.2) is 9.97 Å². The monoisotopic (exact) mass is 408 g/mol. The molecule has 1 aromatic heterocycles. The van der Waals surface area contributed by atoms with Gasteiger partial charge in [0.25, 0.3) is 0 Å². The van der Waals surface area contributed by atoms with Crippen molar-refractivity contribution in [3.63, 3.8) is 0 Å². The third-order valence-corrected chi connectivity index (χ3v) is 5.09. The van der Waals surface area contributed by atoms with Crippen LogP contribution in [0.2, 0.25) is 0 Å². The number of methoxy groups -OCH3 is 1. The molecule has 1 aromatic carbocycles. The molecule has 0 bridgehead atoms. The summed E-state index contributed by atoms with van der Waals surface area (Å²) in [6.45, 7) is 2.08. The maximum atomic E-state index is 12.1. The number of aromatic nitrogens is 2. The summed E-state index contributed by atoms with van der Waals surface area (Å²) in [6, 6.07) is 9.38. The molecule has 1 aliphatic heterocycles. The minimum atomic E-state index is -0.670. The number of benzene rings is 1.